The van der Waals surface area contributed by atoms with Gasteiger partial charge in [0.1, 0.15) is 11.9 Å². The van der Waals surface area contributed by atoms with Gasteiger partial charge in [-0.25, -0.2) is 14.4 Å². The zero-order valence-electron chi connectivity index (χ0n) is 31.4. The SMILES string of the molecule is CC(=O)CCC(=O)O[C@H]1[C@@H](OC(=N)C(Cl)(Cl)Cl)OC[C@H](OC(C)=O)[C@@H]1O[C@@H]1OC[C@H](OC(=O)c2ccccc2)[C@H](OC(=O)c2ccccc2)[C@H]1OC(=O)c1ccccc1. The third-order valence-corrected chi connectivity index (χ3v) is 9.10. The van der Waals surface area contributed by atoms with Gasteiger partial charge in [-0.2, -0.15) is 0 Å². The summed E-state index contributed by atoms with van der Waals surface area (Å²) in [6.07, 6.45) is -13.9. The van der Waals surface area contributed by atoms with Crippen LogP contribution in [0.2, 0.25) is 0 Å². The molecule has 59 heavy (non-hydrogen) atoms. The van der Waals surface area contributed by atoms with E-state index in [1.807, 2.05) is 0 Å². The van der Waals surface area contributed by atoms with Crippen molar-refractivity contribution >= 4 is 76.3 Å². The minimum Gasteiger partial charge on any atom is -0.457 e. The highest BCUT2D eigenvalue weighted by Gasteiger charge is 2.54. The van der Waals surface area contributed by atoms with Crippen LogP contribution < -0.4 is 0 Å². The predicted molar refractivity (Wildman–Crippen MR) is 206 cm³/mol. The summed E-state index contributed by atoms with van der Waals surface area (Å²) in [6, 6.07) is 23.4. The number of rotatable bonds is 14. The van der Waals surface area contributed by atoms with Gasteiger partial charge in [-0.1, -0.05) is 89.4 Å². The van der Waals surface area contributed by atoms with E-state index in [0.717, 1.165) is 6.92 Å². The number of hydrogen-bond donors (Lipinski definition) is 1. The Kier molecular flexibility index (Phi) is 15.8. The molecule has 16 nitrogen and oxygen atoms in total. The Morgan fingerprint density at radius 1 is 0.576 bits per heavy atom. The smallest absolute Gasteiger partial charge is 0.338 e. The third-order valence-electron chi connectivity index (χ3n) is 8.59. The molecule has 0 unspecified atom stereocenters. The van der Waals surface area contributed by atoms with Gasteiger partial charge in [-0.3, -0.25) is 15.0 Å². The van der Waals surface area contributed by atoms with Crippen molar-refractivity contribution < 1.29 is 71.4 Å². The lowest BCUT2D eigenvalue weighted by atomic mass is 10.0. The van der Waals surface area contributed by atoms with Gasteiger partial charge in [0.15, 0.2) is 36.8 Å². The first-order valence-electron chi connectivity index (χ1n) is 18.0. The van der Waals surface area contributed by atoms with Gasteiger partial charge in [0.25, 0.3) is 3.79 Å². The van der Waals surface area contributed by atoms with E-state index >= 15 is 0 Å². The average Bonchev–Trinajstić information content (AvgIpc) is 3.21. The Hall–Kier alpha value is -5.10. The molecule has 0 bridgehead atoms. The van der Waals surface area contributed by atoms with Crippen molar-refractivity contribution in [1.82, 2.24) is 0 Å². The number of carbonyl (C=O) groups is 6. The number of ketones is 1. The lowest BCUT2D eigenvalue weighted by Crippen LogP contribution is -2.63. The van der Waals surface area contributed by atoms with E-state index < -0.39 is 108 Å². The number of alkyl halides is 3. The maximum Gasteiger partial charge on any atom is 0.338 e. The molecule has 2 saturated heterocycles. The molecule has 0 aliphatic carbocycles. The molecule has 2 heterocycles. The topological polar surface area (TPSA) is 209 Å². The van der Waals surface area contributed by atoms with Crippen LogP contribution in [-0.4, -0.2) is 108 Å². The lowest BCUT2D eigenvalue weighted by molar-refractivity contribution is -0.328. The first-order chi connectivity index (χ1) is 28.1. The van der Waals surface area contributed by atoms with Crippen molar-refractivity contribution in [3.63, 3.8) is 0 Å². The largest absolute Gasteiger partial charge is 0.457 e. The van der Waals surface area contributed by atoms with Crippen LogP contribution >= 0.6 is 34.8 Å². The van der Waals surface area contributed by atoms with Gasteiger partial charge in [-0.05, 0) is 43.3 Å². The highest BCUT2D eigenvalue weighted by atomic mass is 35.6. The van der Waals surface area contributed by atoms with E-state index in [9.17, 15) is 28.8 Å². The summed E-state index contributed by atoms with van der Waals surface area (Å²) in [5.41, 5.74) is 0.290. The monoisotopic (exact) mass is 877 g/mol. The van der Waals surface area contributed by atoms with Gasteiger partial charge in [0.2, 0.25) is 12.2 Å². The molecule has 0 aromatic heterocycles. The molecular formula is C40H38Cl3NO15. The maximum absolute atomic E-state index is 13.8. The summed E-state index contributed by atoms with van der Waals surface area (Å²) in [6.45, 7) is 1.29. The normalized spacial score (nSPS) is 24.1. The molecular weight excluding hydrogens is 841 g/mol. The van der Waals surface area contributed by atoms with Crippen LogP contribution in [0, 0.1) is 5.41 Å². The molecule has 2 fully saturated rings. The lowest BCUT2D eigenvalue weighted by Gasteiger charge is -2.45. The number of ether oxygens (including phenoxy) is 9. The second kappa shape index (κ2) is 20.7. The summed E-state index contributed by atoms with van der Waals surface area (Å²) >= 11 is 17.6. The molecule has 5 rings (SSSR count). The number of hydrogen-bond acceptors (Lipinski definition) is 16. The van der Waals surface area contributed by atoms with Crippen LogP contribution in [0.15, 0.2) is 91.0 Å². The molecule has 19 heteroatoms. The van der Waals surface area contributed by atoms with E-state index in [-0.39, 0.29) is 28.9 Å². The summed E-state index contributed by atoms with van der Waals surface area (Å²) in [7, 11) is 0. The Morgan fingerprint density at radius 2 is 1.02 bits per heavy atom. The summed E-state index contributed by atoms with van der Waals surface area (Å²) in [4.78, 5) is 78.1. The highest BCUT2D eigenvalue weighted by Crippen LogP contribution is 2.35. The van der Waals surface area contributed by atoms with Crippen molar-refractivity contribution in [3.05, 3.63) is 108 Å². The molecule has 0 saturated carbocycles. The Labute approximate surface area is 352 Å². The highest BCUT2D eigenvalue weighted by molar-refractivity contribution is 6.76. The van der Waals surface area contributed by atoms with E-state index in [2.05, 4.69) is 0 Å². The number of nitrogens with one attached hydrogen (secondary N) is 1. The van der Waals surface area contributed by atoms with Gasteiger partial charge in [0, 0.05) is 13.3 Å². The molecule has 3 aromatic rings. The van der Waals surface area contributed by atoms with Crippen LogP contribution in [0.4, 0.5) is 0 Å². The van der Waals surface area contributed by atoms with Crippen molar-refractivity contribution in [3.8, 4) is 0 Å². The number of halogens is 3. The van der Waals surface area contributed by atoms with Gasteiger partial charge in [-0.15, -0.1) is 0 Å². The van der Waals surface area contributed by atoms with Crippen molar-refractivity contribution in [2.24, 2.45) is 0 Å². The molecule has 0 radical (unpaired) electrons. The minimum atomic E-state index is -2.42. The Morgan fingerprint density at radius 3 is 1.49 bits per heavy atom. The van der Waals surface area contributed by atoms with Crippen LogP contribution in [0.25, 0.3) is 0 Å². The fourth-order valence-electron chi connectivity index (χ4n) is 5.82. The van der Waals surface area contributed by atoms with E-state index in [4.69, 9.17) is 82.8 Å². The molecule has 3 aromatic carbocycles. The fraction of sp³-hybridized carbons (Fsp3) is 0.375. The van der Waals surface area contributed by atoms with Crippen molar-refractivity contribution in [2.45, 2.75) is 79.7 Å². The number of esters is 5. The van der Waals surface area contributed by atoms with Crippen molar-refractivity contribution in [1.29, 1.82) is 5.41 Å². The van der Waals surface area contributed by atoms with Crippen LogP contribution in [0.1, 0.15) is 57.8 Å². The number of Topliss-reactive ketones (excluding diaryl/α,β-unsaturated/α-hetero) is 1. The summed E-state index contributed by atoms with van der Waals surface area (Å²) < 4.78 is 50.2. The van der Waals surface area contributed by atoms with Crippen molar-refractivity contribution in [2.75, 3.05) is 13.2 Å². The van der Waals surface area contributed by atoms with Crippen LogP contribution in [0.3, 0.4) is 0 Å². The molecule has 8 atom stereocenters. The second-order valence-electron chi connectivity index (χ2n) is 13.0. The fourth-order valence-corrected chi connectivity index (χ4v) is 5.95. The first kappa shape index (κ1) is 45.0. The molecule has 0 spiro atoms. The maximum atomic E-state index is 13.8. The average molecular weight is 879 g/mol. The first-order valence-corrected chi connectivity index (χ1v) is 19.1. The van der Waals surface area contributed by atoms with Crippen LogP contribution in [0.5, 0.6) is 0 Å². The van der Waals surface area contributed by atoms with E-state index in [0.29, 0.717) is 0 Å². The minimum absolute atomic E-state index is 0.0580. The zero-order valence-corrected chi connectivity index (χ0v) is 33.6. The van der Waals surface area contributed by atoms with Gasteiger partial charge in [0.05, 0.1) is 36.3 Å². The molecule has 2 aliphatic heterocycles. The summed E-state index contributed by atoms with van der Waals surface area (Å²) in [5, 5.41) is 8.18. The van der Waals surface area contributed by atoms with Gasteiger partial charge >= 0.3 is 29.8 Å². The Balaban J connectivity index is 1.57. The number of carbonyl (C=O) groups excluding carboxylic acids is 6. The molecule has 1 N–H and O–H groups in total. The standard InChI is InChI=1S/C40H38Cl3NO15/c1-22(45)18-19-29(47)55-32-31(27(53-23(2)46)20-52-38(32)59-39(44)40(41,42)43)58-37-33(57-36(50)26-16-10-5-11-17-26)30(56-35(49)25-14-8-4-9-15-25)28(21-51-37)54-34(48)24-12-6-3-7-13-24/h3-17,27-28,30-33,37-38,44H,18-21H2,1-2H3/t27-,28-,30-,31-,32+,33+,37-,38+/m0/s1. The summed E-state index contributed by atoms with van der Waals surface area (Å²) in [5.74, 6) is -5.78. The predicted octanol–water partition coefficient (Wildman–Crippen LogP) is 5.34. The van der Waals surface area contributed by atoms with E-state index in [1.54, 1.807) is 54.6 Å². The number of benzene rings is 3. The Bertz CT molecular complexity index is 1970. The van der Waals surface area contributed by atoms with Gasteiger partial charge < -0.3 is 47.4 Å². The second-order valence-corrected chi connectivity index (χ2v) is 15.3. The molecule has 0 amide bonds. The molecule has 2 aliphatic rings. The quantitative estimate of drug-likeness (QED) is 0.0713. The third kappa shape index (κ3) is 12.7. The zero-order chi connectivity index (χ0) is 42.7. The van der Waals surface area contributed by atoms with Crippen LogP contribution in [-0.2, 0) is 57.0 Å². The molecule has 314 valence electrons. The van der Waals surface area contributed by atoms with E-state index in [1.165, 1.54) is 43.3 Å².